The Bertz CT molecular complexity index is 1720. The summed E-state index contributed by atoms with van der Waals surface area (Å²) in [5.74, 6) is -11.6. The number of rotatable bonds is 5. The summed E-state index contributed by atoms with van der Waals surface area (Å²) in [5.41, 5.74) is -1.59. The maximum atomic E-state index is 15.0. The molecule has 4 unspecified atom stereocenters. The van der Waals surface area contributed by atoms with Crippen LogP contribution in [0.4, 0.5) is 17.6 Å². The van der Waals surface area contributed by atoms with Gasteiger partial charge in [0.15, 0.2) is 11.6 Å². The molecule has 0 saturated heterocycles. The Labute approximate surface area is 257 Å². The second kappa shape index (κ2) is 9.29. The minimum absolute atomic E-state index is 0.0547. The topological polar surface area (TPSA) is 124 Å². The molecule has 8 fully saturated rings. The van der Waals surface area contributed by atoms with Gasteiger partial charge in [-0.05, 0) is 129 Å². The van der Waals surface area contributed by atoms with Crippen molar-refractivity contribution in [1.29, 1.82) is 0 Å². The molecule has 242 valence electrons. The fourth-order valence-electron chi connectivity index (χ4n) is 11.6. The minimum Gasteiger partial charge on any atom is -0.744 e. The normalized spacial score (nSPS) is 39.4. The van der Waals surface area contributed by atoms with E-state index in [1.165, 1.54) is 0 Å². The highest BCUT2D eigenvalue weighted by Crippen LogP contribution is 2.65. The summed E-state index contributed by atoms with van der Waals surface area (Å²) in [6.45, 7) is 0. The van der Waals surface area contributed by atoms with E-state index < -0.39 is 72.0 Å². The van der Waals surface area contributed by atoms with Crippen molar-refractivity contribution >= 4 is 16.1 Å². The second-order valence-electron chi connectivity index (χ2n) is 15.4. The molecule has 8 bridgehead atoms. The maximum Gasteiger partial charge on any atom is 0.344 e. The highest BCUT2D eigenvalue weighted by Gasteiger charge is 2.60. The number of halogens is 4. The van der Waals surface area contributed by atoms with Gasteiger partial charge in [-0.1, -0.05) is 12.1 Å². The number of esters is 1. The molecule has 8 saturated carbocycles. The van der Waals surface area contributed by atoms with Crippen LogP contribution in [0.3, 0.4) is 0 Å². The lowest BCUT2D eigenvalue weighted by Crippen LogP contribution is -2.58. The fourth-order valence-corrected chi connectivity index (χ4v) is 12.3. The van der Waals surface area contributed by atoms with Crippen molar-refractivity contribution in [2.75, 3.05) is 0 Å². The second-order valence-corrected chi connectivity index (χ2v) is 16.8. The number of carbonyl (C=O) groups is 1. The Kier molecular flexibility index (Phi) is 6.16. The van der Waals surface area contributed by atoms with E-state index in [-0.39, 0.29) is 17.4 Å². The Morgan fingerprint density at radius 3 is 1.69 bits per heavy atom. The Hall–Kier alpha value is -2.54. The van der Waals surface area contributed by atoms with Gasteiger partial charge in [0, 0.05) is 0 Å². The first-order valence-corrected chi connectivity index (χ1v) is 17.1. The lowest BCUT2D eigenvalue weighted by molar-refractivity contribution is -0.138. The molecule has 4 atom stereocenters. The fraction of sp³-hybridized carbons (Fsp3) is 0.606. The summed E-state index contributed by atoms with van der Waals surface area (Å²) in [5, 5.41) is 22.8. The van der Waals surface area contributed by atoms with Crippen LogP contribution in [0.1, 0.15) is 98.5 Å². The summed E-state index contributed by atoms with van der Waals surface area (Å²) in [7, 11) is -5.94. The number of ether oxygens (including phenoxy) is 1. The van der Waals surface area contributed by atoms with Crippen molar-refractivity contribution in [2.24, 2.45) is 23.7 Å². The van der Waals surface area contributed by atoms with Crippen LogP contribution >= 0.6 is 0 Å². The van der Waals surface area contributed by atoms with E-state index in [0.29, 0.717) is 68.8 Å². The zero-order valence-corrected chi connectivity index (χ0v) is 25.2. The van der Waals surface area contributed by atoms with Crippen molar-refractivity contribution in [2.45, 2.75) is 104 Å². The van der Waals surface area contributed by atoms with Crippen molar-refractivity contribution in [3.63, 3.8) is 0 Å². The van der Waals surface area contributed by atoms with E-state index in [1.54, 1.807) is 6.07 Å². The van der Waals surface area contributed by atoms with E-state index in [0.717, 1.165) is 31.2 Å². The molecule has 7 nitrogen and oxygen atoms in total. The third-order valence-electron chi connectivity index (χ3n) is 12.1. The molecule has 0 aromatic heterocycles. The summed E-state index contributed by atoms with van der Waals surface area (Å²) >= 11 is 0. The third-order valence-corrected chi connectivity index (χ3v) is 13.0. The van der Waals surface area contributed by atoms with Crippen molar-refractivity contribution in [1.82, 2.24) is 0 Å². The zero-order chi connectivity index (χ0) is 31.9. The van der Waals surface area contributed by atoms with Gasteiger partial charge in [-0.3, -0.25) is 0 Å². The SMILES string of the molecule is O=C(Oc1c(F)c(F)c(S(=O)(=O)[O-])c(F)c1F)c1cc(C23CC4CC(CC(O)(C4)C2)C3)ccc1C12CC3CC(CC(O)(C3)C1)C2. The molecule has 10 rings (SSSR count). The van der Waals surface area contributed by atoms with Crippen LogP contribution in [-0.2, 0) is 20.9 Å². The smallest absolute Gasteiger partial charge is 0.344 e. The predicted octanol–water partition coefficient (Wildman–Crippen LogP) is 5.53. The van der Waals surface area contributed by atoms with Crippen LogP contribution in [-0.4, -0.2) is 40.4 Å². The standard InChI is InChI=1S/C33H34F4O7S/c34-23-25(36)28(45(41,42)43)26(37)24(35)27(23)44-29(38)21-5-20(30-6-16-3-17(7-30)11-32(39,10-16)14-30)1-2-22(21)31-8-18-4-19(9-31)13-33(40,12-18)15-31/h1-2,5,16-19,39-40H,3-4,6-15H2,(H,41,42,43)/p-1. The van der Waals surface area contributed by atoms with Crippen molar-refractivity contribution in [3.05, 3.63) is 58.2 Å². The van der Waals surface area contributed by atoms with E-state index >= 15 is 0 Å². The summed E-state index contributed by atoms with van der Waals surface area (Å²) in [6.07, 6.45) is 8.56. The highest BCUT2D eigenvalue weighted by molar-refractivity contribution is 7.85. The molecule has 8 aliphatic carbocycles. The third kappa shape index (κ3) is 4.45. The first kappa shape index (κ1) is 29.8. The van der Waals surface area contributed by atoms with E-state index in [2.05, 4.69) is 0 Å². The number of carbonyl (C=O) groups excluding carboxylic acids is 1. The Balaban J connectivity index is 1.25. The molecule has 2 N–H and O–H groups in total. The van der Waals surface area contributed by atoms with E-state index in [4.69, 9.17) is 4.74 Å². The van der Waals surface area contributed by atoms with Gasteiger partial charge in [-0.15, -0.1) is 0 Å². The Morgan fingerprint density at radius 1 is 0.756 bits per heavy atom. The van der Waals surface area contributed by atoms with Gasteiger partial charge < -0.3 is 19.5 Å². The molecule has 45 heavy (non-hydrogen) atoms. The van der Waals surface area contributed by atoms with Gasteiger partial charge in [0.25, 0.3) is 0 Å². The van der Waals surface area contributed by atoms with Crippen LogP contribution < -0.4 is 4.74 Å². The van der Waals surface area contributed by atoms with Crippen molar-refractivity contribution in [3.8, 4) is 5.75 Å². The lowest BCUT2D eigenvalue weighted by atomic mass is 9.45. The summed E-state index contributed by atoms with van der Waals surface area (Å²) < 4.78 is 98.1. The number of hydrogen-bond donors (Lipinski definition) is 2. The molecule has 8 aliphatic rings. The van der Waals surface area contributed by atoms with Crippen LogP contribution in [0.15, 0.2) is 23.1 Å². The van der Waals surface area contributed by atoms with E-state index in [9.17, 15) is 45.5 Å². The van der Waals surface area contributed by atoms with Gasteiger partial charge in [-0.2, -0.15) is 8.78 Å². The first-order valence-electron chi connectivity index (χ1n) is 15.6. The quantitative estimate of drug-likeness (QED) is 0.144. The maximum absolute atomic E-state index is 15.0. The molecule has 0 heterocycles. The van der Waals surface area contributed by atoms with Crippen LogP contribution in [0.2, 0.25) is 0 Å². The average Bonchev–Trinajstić information content (AvgIpc) is 2.90. The monoisotopic (exact) mass is 649 g/mol. The molecule has 2 aromatic carbocycles. The van der Waals surface area contributed by atoms with Gasteiger partial charge in [-0.25, -0.2) is 22.0 Å². The predicted molar refractivity (Wildman–Crippen MR) is 148 cm³/mol. The molecule has 0 amide bonds. The summed E-state index contributed by atoms with van der Waals surface area (Å²) in [4.78, 5) is 11.6. The van der Waals surface area contributed by atoms with Gasteiger partial charge >= 0.3 is 5.97 Å². The van der Waals surface area contributed by atoms with Crippen LogP contribution in [0.25, 0.3) is 0 Å². The number of aliphatic hydroxyl groups is 2. The van der Waals surface area contributed by atoms with Crippen LogP contribution in [0, 0.1) is 46.9 Å². The van der Waals surface area contributed by atoms with Crippen LogP contribution in [0.5, 0.6) is 5.75 Å². The average molecular weight is 650 g/mol. The van der Waals surface area contributed by atoms with Gasteiger partial charge in [0.2, 0.25) is 17.4 Å². The first-order chi connectivity index (χ1) is 21.0. The largest absolute Gasteiger partial charge is 0.744 e. The molecular formula is C33H33F4O7S-. The summed E-state index contributed by atoms with van der Waals surface area (Å²) in [6, 6.07) is 5.38. The molecule has 0 spiro atoms. The van der Waals surface area contributed by atoms with Gasteiger partial charge in [0.05, 0.1) is 16.8 Å². The molecule has 0 aliphatic heterocycles. The Morgan fingerprint density at radius 2 is 1.22 bits per heavy atom. The number of benzene rings is 2. The van der Waals surface area contributed by atoms with Gasteiger partial charge in [0.1, 0.15) is 15.0 Å². The minimum atomic E-state index is -5.94. The highest BCUT2D eigenvalue weighted by atomic mass is 32.2. The lowest BCUT2D eigenvalue weighted by Gasteiger charge is -2.61. The number of hydrogen-bond acceptors (Lipinski definition) is 7. The van der Waals surface area contributed by atoms with Crippen molar-refractivity contribution < 1.29 is 50.3 Å². The zero-order valence-electron chi connectivity index (χ0n) is 24.4. The van der Waals surface area contributed by atoms with E-state index in [1.807, 2.05) is 12.1 Å². The molecule has 2 aromatic rings. The molecule has 12 heteroatoms. The molecular weight excluding hydrogens is 616 g/mol. The molecule has 0 radical (unpaired) electrons.